The lowest BCUT2D eigenvalue weighted by Crippen LogP contribution is -2.33. The largest absolute Gasteiger partial charge is 0.503 e. The number of aromatic nitrogens is 1. The van der Waals surface area contributed by atoms with Gasteiger partial charge >= 0.3 is 0 Å². The molecule has 35 heavy (non-hydrogen) atoms. The number of Topliss-reactive ketones (excluding diaryl/α,β-unsaturated/α-hetero) is 1. The van der Waals surface area contributed by atoms with Crippen LogP contribution in [0.3, 0.4) is 0 Å². The van der Waals surface area contributed by atoms with Gasteiger partial charge < -0.3 is 14.7 Å². The van der Waals surface area contributed by atoms with Gasteiger partial charge in [0.25, 0.3) is 5.91 Å². The van der Waals surface area contributed by atoms with Gasteiger partial charge in [-0.05, 0) is 33.3 Å². The van der Waals surface area contributed by atoms with Crippen molar-refractivity contribution in [3.8, 4) is 10.6 Å². The number of aliphatic hydroxyl groups excluding tert-OH is 1. The minimum atomic E-state index is -1.04. The fraction of sp³-hybridized carbons (Fsp3) is 0.296. The van der Waals surface area contributed by atoms with Gasteiger partial charge in [0, 0.05) is 24.3 Å². The number of hydrogen-bond acceptors (Lipinski definition) is 6. The lowest BCUT2D eigenvalue weighted by atomic mass is 9.94. The number of amides is 1. The van der Waals surface area contributed by atoms with E-state index < -0.39 is 29.3 Å². The second kappa shape index (κ2) is 10.5. The Bertz CT molecular complexity index is 1270. The summed E-state index contributed by atoms with van der Waals surface area (Å²) < 4.78 is 20.5. The number of benzene rings is 2. The Hall–Kier alpha value is -3.36. The Morgan fingerprint density at radius 2 is 1.86 bits per heavy atom. The van der Waals surface area contributed by atoms with Crippen LogP contribution in [0.15, 0.2) is 65.9 Å². The number of halogens is 1. The molecule has 1 aliphatic rings. The Kier molecular flexibility index (Phi) is 7.42. The number of aliphatic hydroxyl groups is 1. The highest BCUT2D eigenvalue weighted by molar-refractivity contribution is 7.17. The summed E-state index contributed by atoms with van der Waals surface area (Å²) in [6.07, 6.45) is 0.505. The van der Waals surface area contributed by atoms with Crippen molar-refractivity contribution in [2.75, 3.05) is 13.2 Å². The Morgan fingerprint density at radius 3 is 2.54 bits per heavy atom. The van der Waals surface area contributed by atoms with E-state index >= 15 is 0 Å². The Morgan fingerprint density at radius 1 is 1.17 bits per heavy atom. The molecule has 0 aliphatic carbocycles. The van der Waals surface area contributed by atoms with E-state index in [0.29, 0.717) is 28.6 Å². The topological polar surface area (TPSA) is 79.7 Å². The summed E-state index contributed by atoms with van der Waals surface area (Å²) >= 11 is 1.19. The maximum absolute atomic E-state index is 14.9. The van der Waals surface area contributed by atoms with Gasteiger partial charge in [0.1, 0.15) is 10.8 Å². The van der Waals surface area contributed by atoms with E-state index in [1.165, 1.54) is 28.4 Å². The third-order valence-electron chi connectivity index (χ3n) is 5.77. The van der Waals surface area contributed by atoms with Crippen LogP contribution in [0.4, 0.5) is 4.39 Å². The summed E-state index contributed by atoms with van der Waals surface area (Å²) in [7, 11) is 0. The van der Waals surface area contributed by atoms with E-state index in [1.807, 2.05) is 44.2 Å². The molecule has 2 aromatic carbocycles. The monoisotopic (exact) mass is 494 g/mol. The van der Waals surface area contributed by atoms with E-state index in [0.717, 1.165) is 5.56 Å². The van der Waals surface area contributed by atoms with Crippen molar-refractivity contribution in [3.63, 3.8) is 0 Å². The number of carbonyl (C=O) groups excluding carboxylic acids is 2. The van der Waals surface area contributed by atoms with Gasteiger partial charge in [0.2, 0.25) is 5.78 Å². The molecule has 0 spiro atoms. The standard InChI is InChI=1S/C27H27FN2O4S/c1-16(2)34-15-9-14-30-22(19-12-7-8-13-20(19)28)21(24(32)27(30)33)23(31)25-17(3)29-26(35-25)18-10-5-4-6-11-18/h4-8,10-13,16,22,32H,9,14-15H2,1-3H3. The van der Waals surface area contributed by atoms with E-state index in [1.54, 1.807) is 19.1 Å². The molecule has 1 unspecified atom stereocenters. The van der Waals surface area contributed by atoms with Crippen molar-refractivity contribution >= 4 is 23.0 Å². The first-order chi connectivity index (χ1) is 16.8. The second-order valence-electron chi connectivity index (χ2n) is 8.59. The SMILES string of the molecule is Cc1nc(-c2ccccc2)sc1C(=O)C1=C(O)C(=O)N(CCCOC(C)C)C1c1ccccc1F. The zero-order valence-electron chi connectivity index (χ0n) is 19.8. The molecular weight excluding hydrogens is 467 g/mol. The minimum Gasteiger partial charge on any atom is -0.503 e. The van der Waals surface area contributed by atoms with E-state index in [9.17, 15) is 19.1 Å². The van der Waals surface area contributed by atoms with Gasteiger partial charge in [0.05, 0.1) is 28.3 Å². The van der Waals surface area contributed by atoms with E-state index in [4.69, 9.17) is 4.74 Å². The molecule has 182 valence electrons. The molecule has 2 heterocycles. The number of ether oxygens (including phenoxy) is 1. The summed E-state index contributed by atoms with van der Waals surface area (Å²) in [5, 5.41) is 11.5. The molecule has 3 aromatic rings. The van der Waals surface area contributed by atoms with E-state index in [-0.39, 0.29) is 23.8 Å². The summed E-state index contributed by atoms with van der Waals surface area (Å²) in [5.74, 6) is -2.43. The minimum absolute atomic E-state index is 0.0309. The third-order valence-corrected chi connectivity index (χ3v) is 6.97. The Labute approximate surface area is 207 Å². The number of nitrogens with zero attached hydrogens (tertiary/aromatic N) is 2. The molecule has 1 aromatic heterocycles. The number of aryl methyl sites for hydroxylation is 1. The van der Waals surface area contributed by atoms with E-state index in [2.05, 4.69) is 4.98 Å². The molecule has 0 saturated heterocycles. The molecule has 6 nitrogen and oxygen atoms in total. The lowest BCUT2D eigenvalue weighted by Gasteiger charge is -2.27. The maximum Gasteiger partial charge on any atom is 0.290 e. The van der Waals surface area contributed by atoms with Gasteiger partial charge in [-0.25, -0.2) is 9.37 Å². The van der Waals surface area contributed by atoms with Crippen molar-refractivity contribution in [3.05, 3.63) is 87.9 Å². The molecule has 1 N–H and O–H groups in total. The molecule has 1 amide bonds. The van der Waals surface area contributed by atoms with Gasteiger partial charge in [-0.1, -0.05) is 48.5 Å². The molecule has 1 atom stereocenters. The van der Waals surface area contributed by atoms with Crippen molar-refractivity contribution in [2.24, 2.45) is 0 Å². The first kappa shape index (κ1) is 24.8. The summed E-state index contributed by atoms with van der Waals surface area (Å²) in [6.45, 7) is 6.12. The molecule has 0 bridgehead atoms. The van der Waals surface area contributed by atoms with Gasteiger partial charge in [-0.3, -0.25) is 9.59 Å². The van der Waals surface area contributed by atoms with Gasteiger partial charge in [-0.2, -0.15) is 0 Å². The number of hydrogen-bond donors (Lipinski definition) is 1. The fourth-order valence-corrected chi connectivity index (χ4v) is 5.15. The highest BCUT2D eigenvalue weighted by Gasteiger charge is 2.45. The quantitative estimate of drug-likeness (QED) is 0.307. The predicted molar refractivity (Wildman–Crippen MR) is 133 cm³/mol. The van der Waals surface area contributed by atoms with Crippen LogP contribution in [-0.4, -0.2) is 45.9 Å². The molecule has 0 radical (unpaired) electrons. The third kappa shape index (κ3) is 5.04. The summed E-state index contributed by atoms with van der Waals surface area (Å²) in [4.78, 5) is 33.0. The lowest BCUT2D eigenvalue weighted by molar-refractivity contribution is -0.129. The molecule has 8 heteroatoms. The second-order valence-corrected chi connectivity index (χ2v) is 9.59. The number of carbonyl (C=O) groups is 2. The fourth-order valence-electron chi connectivity index (χ4n) is 4.12. The van der Waals surface area contributed by atoms with Crippen molar-refractivity contribution < 1.29 is 23.8 Å². The number of rotatable bonds is 9. The summed E-state index contributed by atoms with van der Waals surface area (Å²) in [6, 6.07) is 14.4. The Balaban J connectivity index is 1.72. The average Bonchev–Trinajstić information content (AvgIpc) is 3.35. The molecule has 1 aliphatic heterocycles. The molecule has 0 fully saturated rings. The zero-order chi connectivity index (χ0) is 25.1. The molecular formula is C27H27FN2O4S. The predicted octanol–water partition coefficient (Wildman–Crippen LogP) is 5.65. The smallest absolute Gasteiger partial charge is 0.290 e. The number of ketones is 1. The van der Waals surface area contributed by atoms with Gasteiger partial charge in [0.15, 0.2) is 5.76 Å². The average molecular weight is 495 g/mol. The normalized spacial score (nSPS) is 16.0. The van der Waals surface area contributed by atoms with Crippen LogP contribution < -0.4 is 0 Å². The van der Waals surface area contributed by atoms with Crippen molar-refractivity contribution in [1.82, 2.24) is 9.88 Å². The maximum atomic E-state index is 14.9. The van der Waals surface area contributed by atoms with Gasteiger partial charge in [-0.15, -0.1) is 11.3 Å². The first-order valence-corrected chi connectivity index (χ1v) is 12.3. The van der Waals surface area contributed by atoms with Crippen LogP contribution >= 0.6 is 11.3 Å². The zero-order valence-corrected chi connectivity index (χ0v) is 20.6. The van der Waals surface area contributed by atoms with Crippen molar-refractivity contribution in [1.29, 1.82) is 0 Å². The van der Waals surface area contributed by atoms with Crippen LogP contribution in [-0.2, 0) is 9.53 Å². The highest BCUT2D eigenvalue weighted by atomic mass is 32.1. The van der Waals surface area contributed by atoms with Crippen LogP contribution in [0.1, 0.15) is 47.2 Å². The van der Waals surface area contributed by atoms with Crippen LogP contribution in [0, 0.1) is 12.7 Å². The molecule has 4 rings (SSSR count). The summed E-state index contributed by atoms with van der Waals surface area (Å²) in [5.41, 5.74) is 1.38. The van der Waals surface area contributed by atoms with Crippen molar-refractivity contribution in [2.45, 2.75) is 39.3 Å². The number of thiazole rings is 1. The van der Waals surface area contributed by atoms with Crippen LogP contribution in [0.25, 0.3) is 10.6 Å². The molecule has 0 saturated carbocycles. The first-order valence-electron chi connectivity index (χ1n) is 11.5. The highest BCUT2D eigenvalue weighted by Crippen LogP contribution is 2.41. The van der Waals surface area contributed by atoms with Crippen LogP contribution in [0.5, 0.6) is 0 Å². The van der Waals surface area contributed by atoms with Crippen LogP contribution in [0.2, 0.25) is 0 Å².